The topological polar surface area (TPSA) is 99.7 Å². The van der Waals surface area contributed by atoms with Crippen LogP contribution in [0.2, 0.25) is 0 Å². The third kappa shape index (κ3) is 9.53. The zero-order valence-corrected chi connectivity index (χ0v) is 30.9. The Kier molecular flexibility index (Phi) is 11.9. The summed E-state index contributed by atoms with van der Waals surface area (Å²) >= 11 is 1.80. The summed E-state index contributed by atoms with van der Waals surface area (Å²) in [5.41, 5.74) is 21.8. The van der Waals surface area contributed by atoms with Gasteiger partial charge in [-0.1, -0.05) is 158 Å². The Labute approximate surface area is 316 Å². The first-order valence-electron chi connectivity index (χ1n) is 17.7. The van der Waals surface area contributed by atoms with Crippen LogP contribution in [0.5, 0.6) is 0 Å². The van der Waals surface area contributed by atoms with Crippen molar-refractivity contribution >= 4 is 59.9 Å². The van der Waals surface area contributed by atoms with Crippen molar-refractivity contribution in [3.05, 3.63) is 209 Å². The van der Waals surface area contributed by atoms with Gasteiger partial charge in [0.2, 0.25) is 0 Å². The largest absolute Gasteiger partial charge is 0.399 e. The third-order valence-electron chi connectivity index (χ3n) is 9.02. The molecule has 1 aliphatic carbocycles. The van der Waals surface area contributed by atoms with E-state index in [9.17, 15) is 0 Å². The van der Waals surface area contributed by atoms with Crippen molar-refractivity contribution in [2.75, 3.05) is 5.73 Å². The van der Waals surface area contributed by atoms with Crippen molar-refractivity contribution in [3.8, 4) is 0 Å². The zero-order valence-electron chi connectivity index (χ0n) is 30.1. The van der Waals surface area contributed by atoms with Gasteiger partial charge in [-0.25, -0.2) is 0 Å². The van der Waals surface area contributed by atoms with Gasteiger partial charge < -0.3 is 16.9 Å². The summed E-state index contributed by atoms with van der Waals surface area (Å²) in [7, 11) is 0. The SMILES string of the molecule is CC1C=CC(c2ccc(/C(N)=C/C(=N)c3ccccc3)cc2)=CC1.Cc1cccc(C(=N)c2ccccc2)c1.Nc1ccc2c(c1)sc1ccccc12. The molecule has 6 N–H and O–H groups in total. The van der Waals surface area contributed by atoms with Gasteiger partial charge in [-0.15, -0.1) is 11.3 Å². The molecule has 6 aromatic carbocycles. The Morgan fingerprint density at radius 1 is 0.660 bits per heavy atom. The predicted octanol–water partition coefficient (Wildman–Crippen LogP) is 12.1. The minimum atomic E-state index is 0.420. The number of anilines is 1. The van der Waals surface area contributed by atoms with Crippen LogP contribution in [0, 0.1) is 23.7 Å². The fraction of sp³-hybridized carbons (Fsp3) is 0.0833. The Morgan fingerprint density at radius 3 is 1.98 bits per heavy atom. The van der Waals surface area contributed by atoms with E-state index in [4.69, 9.17) is 22.3 Å². The molecular weight excluding hydrogens is 665 g/mol. The summed E-state index contributed by atoms with van der Waals surface area (Å²) in [5.74, 6) is 0.621. The molecule has 262 valence electrons. The Morgan fingerprint density at radius 2 is 1.30 bits per heavy atom. The molecule has 0 radical (unpaired) electrons. The summed E-state index contributed by atoms with van der Waals surface area (Å²) in [6.45, 7) is 4.27. The molecule has 0 saturated carbocycles. The second kappa shape index (κ2) is 17.3. The Balaban J connectivity index is 0.000000143. The van der Waals surface area contributed by atoms with Crippen LogP contribution in [0.3, 0.4) is 0 Å². The fourth-order valence-corrected chi connectivity index (χ4v) is 7.21. The highest BCUT2D eigenvalue weighted by atomic mass is 32.1. The molecule has 0 saturated heterocycles. The molecular formula is C48H44N4S. The van der Waals surface area contributed by atoms with Gasteiger partial charge in [0, 0.05) is 37.1 Å². The molecule has 5 heteroatoms. The minimum Gasteiger partial charge on any atom is -0.399 e. The van der Waals surface area contributed by atoms with Crippen LogP contribution in [-0.4, -0.2) is 11.4 Å². The molecule has 1 atom stereocenters. The van der Waals surface area contributed by atoms with E-state index in [0.29, 0.717) is 23.0 Å². The first-order valence-corrected chi connectivity index (χ1v) is 18.5. The molecule has 1 aliphatic rings. The quantitative estimate of drug-likeness (QED) is 0.102. The van der Waals surface area contributed by atoms with Crippen molar-refractivity contribution < 1.29 is 0 Å². The minimum absolute atomic E-state index is 0.420. The number of hydrogen-bond acceptors (Lipinski definition) is 5. The molecule has 7 aromatic rings. The number of aryl methyl sites for hydroxylation is 1. The van der Waals surface area contributed by atoms with Crippen molar-refractivity contribution in [3.63, 3.8) is 0 Å². The Bertz CT molecular complexity index is 2440. The lowest BCUT2D eigenvalue weighted by Gasteiger charge is -2.12. The van der Waals surface area contributed by atoms with E-state index in [2.05, 4.69) is 67.6 Å². The van der Waals surface area contributed by atoms with Gasteiger partial charge in [0.05, 0.1) is 11.4 Å². The molecule has 0 fully saturated rings. The Hall–Kier alpha value is -6.30. The first kappa shape index (κ1) is 36.5. The second-order valence-electron chi connectivity index (χ2n) is 13.2. The molecule has 1 aromatic heterocycles. The molecule has 1 heterocycles. The number of benzene rings is 6. The van der Waals surface area contributed by atoms with E-state index in [1.54, 1.807) is 17.4 Å². The van der Waals surface area contributed by atoms with Gasteiger partial charge in [0.15, 0.2) is 0 Å². The van der Waals surface area contributed by atoms with Crippen LogP contribution in [0.25, 0.3) is 31.4 Å². The number of nitrogens with one attached hydrogen (secondary N) is 2. The van der Waals surface area contributed by atoms with Gasteiger partial charge >= 0.3 is 0 Å². The summed E-state index contributed by atoms with van der Waals surface area (Å²) in [4.78, 5) is 0. The summed E-state index contributed by atoms with van der Waals surface area (Å²) in [5, 5.41) is 18.9. The van der Waals surface area contributed by atoms with Crippen LogP contribution in [-0.2, 0) is 0 Å². The number of allylic oxidation sites excluding steroid dienone is 5. The van der Waals surface area contributed by atoms with Crippen molar-refractivity contribution in [2.24, 2.45) is 11.7 Å². The van der Waals surface area contributed by atoms with Gasteiger partial charge in [-0.3, -0.25) is 5.41 Å². The standard InChI is InChI=1S/C22H22N2.C14H13N.C12H9NS/c1-16-7-9-17(10-8-16)18-11-13-20(14-12-18)22(24)15-21(23)19-5-3-2-4-6-19;1-11-6-5-9-13(10-11)14(15)12-7-3-2-4-8-12;13-8-5-6-10-9-3-1-2-4-11(9)14-12(10)7-8/h2-7,9-16,23H,8,24H2,1H3;2-10,15H,1H3;1-7H,13H2/b22-15-,23-21?;;. The number of rotatable bonds is 6. The average Bonchev–Trinajstić information content (AvgIpc) is 3.57. The van der Waals surface area contributed by atoms with E-state index in [0.717, 1.165) is 34.4 Å². The summed E-state index contributed by atoms with van der Waals surface area (Å²) < 4.78 is 2.60. The number of thiophene rings is 1. The van der Waals surface area contributed by atoms with Crippen molar-refractivity contribution in [1.29, 1.82) is 10.8 Å². The molecule has 0 bridgehead atoms. The molecule has 8 rings (SSSR count). The molecule has 0 aliphatic heterocycles. The predicted molar refractivity (Wildman–Crippen MR) is 230 cm³/mol. The number of nitrogen functional groups attached to an aromatic ring is 1. The van der Waals surface area contributed by atoms with Gasteiger partial charge in [0.25, 0.3) is 0 Å². The maximum Gasteiger partial charge on any atom is 0.0684 e. The monoisotopic (exact) mass is 708 g/mol. The number of hydrogen-bond donors (Lipinski definition) is 4. The van der Waals surface area contributed by atoms with Gasteiger partial charge in [0.1, 0.15) is 0 Å². The van der Waals surface area contributed by atoms with Gasteiger partial charge in [-0.2, -0.15) is 0 Å². The summed E-state index contributed by atoms with van der Waals surface area (Å²) in [6.07, 6.45) is 9.52. The van der Waals surface area contributed by atoms with E-state index < -0.39 is 0 Å². The molecule has 53 heavy (non-hydrogen) atoms. The summed E-state index contributed by atoms with van der Waals surface area (Å²) in [6, 6.07) is 50.2. The van der Waals surface area contributed by atoms with E-state index in [1.165, 1.54) is 36.9 Å². The van der Waals surface area contributed by atoms with Crippen LogP contribution >= 0.6 is 11.3 Å². The van der Waals surface area contributed by atoms with E-state index in [1.807, 2.05) is 116 Å². The smallest absolute Gasteiger partial charge is 0.0684 e. The highest BCUT2D eigenvalue weighted by Gasteiger charge is 2.08. The third-order valence-corrected chi connectivity index (χ3v) is 10.2. The van der Waals surface area contributed by atoms with E-state index >= 15 is 0 Å². The lowest BCUT2D eigenvalue weighted by atomic mass is 9.93. The zero-order chi connectivity index (χ0) is 37.2. The lowest BCUT2D eigenvalue weighted by Crippen LogP contribution is -2.02. The highest BCUT2D eigenvalue weighted by molar-refractivity contribution is 7.25. The first-order chi connectivity index (χ1) is 25.7. The van der Waals surface area contributed by atoms with Crippen LogP contribution < -0.4 is 11.5 Å². The number of fused-ring (bicyclic) bond motifs is 3. The maximum absolute atomic E-state index is 8.16. The molecule has 0 spiro atoms. The van der Waals surface area contributed by atoms with Crippen molar-refractivity contribution in [1.82, 2.24) is 0 Å². The van der Waals surface area contributed by atoms with Crippen LogP contribution in [0.15, 0.2) is 176 Å². The van der Waals surface area contributed by atoms with Crippen LogP contribution in [0.4, 0.5) is 5.69 Å². The average molecular weight is 709 g/mol. The van der Waals surface area contributed by atoms with Crippen LogP contribution in [0.1, 0.15) is 46.7 Å². The molecule has 0 amide bonds. The highest BCUT2D eigenvalue weighted by Crippen LogP contribution is 2.34. The second-order valence-corrected chi connectivity index (χ2v) is 14.2. The van der Waals surface area contributed by atoms with Gasteiger partial charge in [-0.05, 0) is 77.4 Å². The lowest BCUT2D eigenvalue weighted by molar-refractivity contribution is 0.739. The molecule has 4 nitrogen and oxygen atoms in total. The normalized spacial score (nSPS) is 13.7. The molecule has 1 unspecified atom stereocenters. The van der Waals surface area contributed by atoms with Crippen molar-refractivity contribution in [2.45, 2.75) is 20.3 Å². The maximum atomic E-state index is 8.16. The number of nitrogens with two attached hydrogens (primary N) is 2. The fourth-order valence-electron chi connectivity index (χ4n) is 6.05. The van der Waals surface area contributed by atoms with E-state index in [-0.39, 0.29) is 0 Å².